The summed E-state index contributed by atoms with van der Waals surface area (Å²) in [5.74, 6) is 0.211. The van der Waals surface area contributed by atoms with Crippen molar-refractivity contribution in [1.29, 1.82) is 5.26 Å². The zero-order valence-electron chi connectivity index (χ0n) is 12.6. The summed E-state index contributed by atoms with van der Waals surface area (Å²) < 4.78 is 3.56. The molecule has 0 aromatic carbocycles. The first-order chi connectivity index (χ1) is 10.5. The summed E-state index contributed by atoms with van der Waals surface area (Å²) in [6.07, 6.45) is 7.01. The van der Waals surface area contributed by atoms with Crippen LogP contribution in [0.4, 0.5) is 5.82 Å². The Morgan fingerprint density at radius 2 is 2.05 bits per heavy atom. The van der Waals surface area contributed by atoms with Crippen LogP contribution in [-0.2, 0) is 14.1 Å². The van der Waals surface area contributed by atoms with Crippen LogP contribution in [0.3, 0.4) is 0 Å². The Morgan fingerprint density at radius 3 is 2.59 bits per heavy atom. The Hall–Kier alpha value is -3.14. The summed E-state index contributed by atoms with van der Waals surface area (Å²) in [5, 5.41) is 13.6. The van der Waals surface area contributed by atoms with E-state index in [9.17, 15) is 5.26 Å². The first-order valence-electron chi connectivity index (χ1n) is 6.68. The number of nitrogens with zero attached hydrogens (tertiary/aromatic N) is 6. The molecule has 3 heterocycles. The lowest BCUT2D eigenvalue weighted by atomic mass is 9.97. The number of pyridine rings is 1. The molecular weight excluding hydrogens is 278 g/mol. The van der Waals surface area contributed by atoms with Crippen molar-refractivity contribution in [2.75, 3.05) is 5.73 Å². The first kappa shape index (κ1) is 13.8. The van der Waals surface area contributed by atoms with Crippen molar-refractivity contribution in [2.45, 2.75) is 6.92 Å². The van der Waals surface area contributed by atoms with E-state index in [1.165, 1.54) is 0 Å². The van der Waals surface area contributed by atoms with Crippen molar-refractivity contribution >= 4 is 5.82 Å². The molecule has 0 aliphatic carbocycles. The highest BCUT2D eigenvalue weighted by atomic mass is 15.2. The van der Waals surface area contributed by atoms with Gasteiger partial charge in [0.15, 0.2) is 0 Å². The van der Waals surface area contributed by atoms with Crippen molar-refractivity contribution in [3.05, 3.63) is 36.0 Å². The first-order valence-corrected chi connectivity index (χ1v) is 6.68. The molecule has 110 valence electrons. The minimum absolute atomic E-state index is 0.211. The monoisotopic (exact) mass is 293 g/mol. The van der Waals surface area contributed by atoms with E-state index < -0.39 is 0 Å². The normalized spacial score (nSPS) is 10.6. The van der Waals surface area contributed by atoms with E-state index in [0.29, 0.717) is 5.56 Å². The third-order valence-electron chi connectivity index (χ3n) is 3.63. The van der Waals surface area contributed by atoms with E-state index in [2.05, 4.69) is 21.1 Å². The predicted octanol–water partition coefficient (Wildman–Crippen LogP) is 1.64. The topological polar surface area (TPSA) is 98.3 Å². The molecule has 0 amide bonds. The third-order valence-corrected chi connectivity index (χ3v) is 3.63. The molecule has 0 fully saturated rings. The molecule has 0 radical (unpaired) electrons. The van der Waals surface area contributed by atoms with Gasteiger partial charge in [-0.3, -0.25) is 4.68 Å². The van der Waals surface area contributed by atoms with Gasteiger partial charge in [-0.05, 0) is 12.5 Å². The molecule has 0 aliphatic rings. The number of rotatable bonds is 2. The van der Waals surface area contributed by atoms with Gasteiger partial charge < -0.3 is 10.3 Å². The van der Waals surface area contributed by atoms with E-state index in [1.807, 2.05) is 31.8 Å². The Labute approximate surface area is 127 Å². The number of aromatic nitrogens is 5. The van der Waals surface area contributed by atoms with Crippen molar-refractivity contribution < 1.29 is 0 Å². The summed E-state index contributed by atoms with van der Waals surface area (Å²) in [7, 11) is 3.72. The lowest BCUT2D eigenvalue weighted by Gasteiger charge is -2.14. The molecule has 0 saturated carbocycles. The lowest BCUT2D eigenvalue weighted by molar-refractivity contribution is 0.768. The molecule has 7 nitrogen and oxygen atoms in total. The minimum atomic E-state index is 0.211. The Bertz CT molecular complexity index is 895. The van der Waals surface area contributed by atoms with Gasteiger partial charge in [0.1, 0.15) is 17.5 Å². The molecule has 22 heavy (non-hydrogen) atoms. The zero-order chi connectivity index (χ0) is 15.9. The fraction of sp³-hybridized carbons (Fsp3) is 0.200. The van der Waals surface area contributed by atoms with Crippen LogP contribution in [0.25, 0.3) is 22.5 Å². The molecule has 0 aliphatic heterocycles. The van der Waals surface area contributed by atoms with Crippen LogP contribution in [0.2, 0.25) is 0 Å². The maximum absolute atomic E-state index is 9.46. The number of nitrogens with two attached hydrogens (primary N) is 1. The highest BCUT2D eigenvalue weighted by molar-refractivity contribution is 5.82. The summed E-state index contributed by atoms with van der Waals surface area (Å²) in [5.41, 5.74) is 10.4. The van der Waals surface area contributed by atoms with Crippen LogP contribution in [0, 0.1) is 18.3 Å². The summed E-state index contributed by atoms with van der Waals surface area (Å²) in [6, 6.07) is 2.15. The van der Waals surface area contributed by atoms with E-state index in [4.69, 9.17) is 5.73 Å². The predicted molar refractivity (Wildman–Crippen MR) is 82.5 cm³/mol. The summed E-state index contributed by atoms with van der Waals surface area (Å²) >= 11 is 0. The smallest absolute Gasteiger partial charge is 0.142 e. The largest absolute Gasteiger partial charge is 0.383 e. The van der Waals surface area contributed by atoms with Gasteiger partial charge in [0.25, 0.3) is 0 Å². The highest BCUT2D eigenvalue weighted by Gasteiger charge is 2.20. The molecule has 0 spiro atoms. The average molecular weight is 293 g/mol. The number of nitriles is 1. The highest BCUT2D eigenvalue weighted by Crippen LogP contribution is 2.35. The Balaban J connectivity index is 2.35. The molecule has 0 unspecified atom stereocenters. The van der Waals surface area contributed by atoms with Crippen molar-refractivity contribution in [2.24, 2.45) is 14.1 Å². The second-order valence-corrected chi connectivity index (χ2v) is 5.12. The SMILES string of the molecule is Cc1c(-c2cnn(C)c2)nc(N)c(C#N)c1-c1cncn1C. The van der Waals surface area contributed by atoms with Crippen LogP contribution in [0.15, 0.2) is 24.9 Å². The fourth-order valence-electron chi connectivity index (χ4n) is 2.55. The second-order valence-electron chi connectivity index (χ2n) is 5.12. The molecule has 2 N–H and O–H groups in total. The van der Waals surface area contributed by atoms with E-state index in [1.54, 1.807) is 23.4 Å². The van der Waals surface area contributed by atoms with Crippen LogP contribution in [0.1, 0.15) is 11.1 Å². The van der Waals surface area contributed by atoms with Gasteiger partial charge in [-0.25, -0.2) is 9.97 Å². The summed E-state index contributed by atoms with van der Waals surface area (Å²) in [6.45, 7) is 1.93. The van der Waals surface area contributed by atoms with Gasteiger partial charge in [0.2, 0.25) is 0 Å². The van der Waals surface area contributed by atoms with Gasteiger partial charge in [-0.15, -0.1) is 0 Å². The van der Waals surface area contributed by atoms with Crippen LogP contribution in [-0.4, -0.2) is 24.3 Å². The number of hydrogen-bond donors (Lipinski definition) is 1. The van der Waals surface area contributed by atoms with Crippen molar-refractivity contribution in [3.63, 3.8) is 0 Å². The lowest BCUT2D eigenvalue weighted by Crippen LogP contribution is -2.04. The molecule has 3 rings (SSSR count). The molecule has 0 bridgehead atoms. The molecule has 7 heteroatoms. The van der Waals surface area contributed by atoms with Gasteiger partial charge in [0.05, 0.1) is 30.1 Å². The van der Waals surface area contributed by atoms with E-state index in [0.717, 1.165) is 28.1 Å². The average Bonchev–Trinajstić information content (AvgIpc) is 3.09. The minimum Gasteiger partial charge on any atom is -0.383 e. The molecular formula is C15H15N7. The molecule has 0 saturated heterocycles. The maximum atomic E-state index is 9.46. The number of anilines is 1. The summed E-state index contributed by atoms with van der Waals surface area (Å²) in [4.78, 5) is 8.53. The standard InChI is InChI=1S/C15H15N7/c1-9-13(12-6-18-8-21(12)2)11(4-16)15(17)20-14(9)10-5-19-22(3)7-10/h5-8H,1-3H3,(H2,17,20). The zero-order valence-corrected chi connectivity index (χ0v) is 12.6. The van der Waals surface area contributed by atoms with E-state index >= 15 is 0 Å². The van der Waals surface area contributed by atoms with Gasteiger partial charge in [-0.2, -0.15) is 10.4 Å². The Morgan fingerprint density at radius 1 is 1.27 bits per heavy atom. The van der Waals surface area contributed by atoms with Crippen LogP contribution in [0.5, 0.6) is 0 Å². The number of imidazole rings is 1. The van der Waals surface area contributed by atoms with Gasteiger partial charge >= 0.3 is 0 Å². The molecule has 0 atom stereocenters. The quantitative estimate of drug-likeness (QED) is 0.774. The number of aryl methyl sites for hydroxylation is 2. The van der Waals surface area contributed by atoms with Gasteiger partial charge in [-0.1, -0.05) is 0 Å². The fourth-order valence-corrected chi connectivity index (χ4v) is 2.55. The maximum Gasteiger partial charge on any atom is 0.142 e. The second kappa shape index (κ2) is 5.00. The molecule has 3 aromatic heterocycles. The van der Waals surface area contributed by atoms with Crippen molar-refractivity contribution in [1.82, 2.24) is 24.3 Å². The van der Waals surface area contributed by atoms with Crippen LogP contribution >= 0.6 is 0 Å². The third kappa shape index (κ3) is 2.02. The Kier molecular flexibility index (Phi) is 3.14. The van der Waals surface area contributed by atoms with E-state index in [-0.39, 0.29) is 5.82 Å². The molecule has 3 aromatic rings. The number of nitrogen functional groups attached to an aromatic ring is 1. The van der Waals surface area contributed by atoms with Crippen LogP contribution < -0.4 is 5.73 Å². The number of hydrogen-bond acceptors (Lipinski definition) is 5. The van der Waals surface area contributed by atoms with Gasteiger partial charge in [0, 0.05) is 31.4 Å². The van der Waals surface area contributed by atoms with Crippen molar-refractivity contribution in [3.8, 4) is 28.6 Å².